The zero-order valence-corrected chi connectivity index (χ0v) is 22.1. The number of rotatable bonds is 5. The van der Waals surface area contributed by atoms with Gasteiger partial charge in [-0.15, -0.1) is 0 Å². The number of ether oxygens (including phenoxy) is 1. The molecule has 2 aliphatic rings. The molecule has 188 valence electrons. The van der Waals surface area contributed by atoms with E-state index >= 15 is 0 Å². The van der Waals surface area contributed by atoms with Crippen LogP contribution in [0.4, 0.5) is 5.69 Å². The fourth-order valence-corrected chi connectivity index (χ4v) is 6.87. The van der Waals surface area contributed by atoms with Gasteiger partial charge in [-0.2, -0.15) is 4.31 Å². The van der Waals surface area contributed by atoms with Crippen molar-refractivity contribution in [3.05, 3.63) is 70.3 Å². The number of sulfonamides is 1. The van der Waals surface area contributed by atoms with E-state index in [1.54, 1.807) is 50.2 Å². The van der Waals surface area contributed by atoms with Gasteiger partial charge in [-0.1, -0.05) is 29.3 Å². The Morgan fingerprint density at radius 3 is 2.17 bits per heavy atom. The van der Waals surface area contributed by atoms with Crippen molar-refractivity contribution in [1.82, 2.24) is 4.31 Å². The Kier molecular flexibility index (Phi) is 6.33. The first-order valence-electron chi connectivity index (χ1n) is 11.4. The number of methoxy groups -OCH3 is 1. The van der Waals surface area contributed by atoms with E-state index in [1.165, 1.54) is 11.4 Å². The number of nitrogens with one attached hydrogen (secondary N) is 1. The van der Waals surface area contributed by atoms with Crippen molar-refractivity contribution in [1.29, 1.82) is 0 Å². The molecule has 0 bridgehead atoms. The number of esters is 1. The Bertz CT molecular complexity index is 1290. The lowest BCUT2D eigenvalue weighted by atomic mass is 9.57. The second kappa shape index (κ2) is 8.62. The molecule has 1 aliphatic heterocycles. The van der Waals surface area contributed by atoms with Gasteiger partial charge in [-0.05, 0) is 81.7 Å². The third-order valence-corrected chi connectivity index (χ3v) is 9.69. The van der Waals surface area contributed by atoms with Crippen LogP contribution in [0.3, 0.4) is 0 Å². The smallest absolute Gasteiger partial charge is 0.314 e. The van der Waals surface area contributed by atoms with Crippen molar-refractivity contribution < 1.29 is 23.1 Å². The average molecular weight is 519 g/mol. The Labute approximate surface area is 211 Å². The van der Waals surface area contributed by atoms with Crippen LogP contribution in [-0.2, 0) is 19.6 Å². The molecule has 2 N–H and O–H groups in total. The van der Waals surface area contributed by atoms with E-state index in [-0.39, 0.29) is 24.4 Å². The Balaban J connectivity index is 1.80. The first-order valence-corrected chi connectivity index (χ1v) is 13.2. The molecule has 0 saturated carbocycles. The largest absolute Gasteiger partial charge is 0.469 e. The molecule has 3 atom stereocenters. The molecule has 2 aromatic rings. The molecule has 0 unspecified atom stereocenters. The average Bonchev–Trinajstić information content (AvgIpc) is 3.28. The summed E-state index contributed by atoms with van der Waals surface area (Å²) in [6.45, 7) is 7.13. The zero-order chi connectivity index (χ0) is 25.8. The highest BCUT2D eigenvalue weighted by Crippen LogP contribution is 2.55. The molecule has 7 nitrogen and oxygen atoms in total. The van der Waals surface area contributed by atoms with Gasteiger partial charge in [0.2, 0.25) is 10.0 Å². The maximum Gasteiger partial charge on any atom is 0.314 e. The summed E-state index contributed by atoms with van der Waals surface area (Å²) in [6, 6.07) is 13.8. The number of hydrogen-bond acceptors (Lipinski definition) is 6. The summed E-state index contributed by atoms with van der Waals surface area (Å²) >= 11 is 6.05. The maximum atomic E-state index is 13.5. The lowest BCUT2D eigenvalue weighted by molar-refractivity contribution is -0.168. The molecule has 0 saturated heterocycles. The molecule has 35 heavy (non-hydrogen) atoms. The van der Waals surface area contributed by atoms with Crippen LogP contribution < -0.4 is 5.32 Å². The van der Waals surface area contributed by atoms with Crippen LogP contribution >= 0.6 is 11.6 Å². The molecule has 1 aliphatic carbocycles. The maximum absolute atomic E-state index is 13.5. The number of nitrogens with zero attached hydrogens (tertiary/aromatic N) is 1. The van der Waals surface area contributed by atoms with Gasteiger partial charge >= 0.3 is 5.97 Å². The van der Waals surface area contributed by atoms with E-state index in [1.807, 2.05) is 26.0 Å². The van der Waals surface area contributed by atoms with E-state index in [9.17, 15) is 18.3 Å². The molecule has 0 fully saturated rings. The van der Waals surface area contributed by atoms with Crippen molar-refractivity contribution in [2.24, 2.45) is 5.41 Å². The first-order chi connectivity index (χ1) is 16.2. The van der Waals surface area contributed by atoms with Gasteiger partial charge in [0.05, 0.1) is 23.0 Å². The summed E-state index contributed by atoms with van der Waals surface area (Å²) in [6.07, 6.45) is 0.194. The molecule has 0 radical (unpaired) electrons. The van der Waals surface area contributed by atoms with Crippen molar-refractivity contribution in [2.75, 3.05) is 25.5 Å². The standard InChI is InChI=1S/C26H31ClN2O5S/c1-17-6-12-20(13-7-17)35(32,33)29-14-21-22(15-29)26(4,31)24(2,23(30)34-5)16-25(21,3)28-19-10-8-18(27)9-11-19/h6-13,28,31H,14-16H2,1-5H3/t24-,25+,26+/m0/s1. The van der Waals surface area contributed by atoms with Gasteiger partial charge < -0.3 is 15.2 Å². The van der Waals surface area contributed by atoms with Gasteiger partial charge in [0.1, 0.15) is 5.60 Å². The van der Waals surface area contributed by atoms with Gasteiger partial charge in [-0.25, -0.2) is 8.42 Å². The summed E-state index contributed by atoms with van der Waals surface area (Å²) in [5.74, 6) is -0.557. The topological polar surface area (TPSA) is 95.9 Å². The number of hydrogen-bond donors (Lipinski definition) is 2. The molecule has 0 amide bonds. The minimum absolute atomic E-state index is 0.0248. The Morgan fingerprint density at radius 1 is 1.03 bits per heavy atom. The lowest BCUT2D eigenvalue weighted by Gasteiger charge is -2.52. The molecule has 1 heterocycles. The van der Waals surface area contributed by atoms with Crippen LogP contribution in [0, 0.1) is 12.3 Å². The summed E-state index contributed by atoms with van der Waals surface area (Å²) in [5.41, 5.74) is -0.805. The SMILES string of the molecule is COC(=O)[C@]1(C)C[C@@](C)(Nc2ccc(Cl)cc2)C2=C(CN(S(=O)(=O)c3ccc(C)cc3)C2)[C@@]1(C)O. The highest BCUT2D eigenvalue weighted by Gasteiger charge is 2.62. The molecule has 2 aromatic carbocycles. The monoisotopic (exact) mass is 518 g/mol. The molecule has 9 heteroatoms. The van der Waals surface area contributed by atoms with Crippen LogP contribution in [0.2, 0.25) is 5.02 Å². The second-order valence-electron chi connectivity index (χ2n) is 10.1. The third kappa shape index (κ3) is 4.16. The zero-order valence-electron chi connectivity index (χ0n) is 20.6. The Morgan fingerprint density at radius 2 is 1.60 bits per heavy atom. The number of carbonyl (C=O) groups excluding carboxylic acids is 1. The predicted octanol–water partition coefficient (Wildman–Crippen LogP) is 4.15. The van der Waals surface area contributed by atoms with Crippen LogP contribution in [-0.4, -0.2) is 55.1 Å². The van der Waals surface area contributed by atoms with E-state index in [0.717, 1.165) is 16.8 Å². The molecular formula is C26H31ClN2O5S. The van der Waals surface area contributed by atoms with Gasteiger partial charge in [0.15, 0.2) is 0 Å². The van der Waals surface area contributed by atoms with Crippen molar-refractivity contribution in [3.63, 3.8) is 0 Å². The normalized spacial score (nSPS) is 29.1. The number of benzene rings is 2. The fourth-order valence-electron chi connectivity index (χ4n) is 5.37. The molecule has 0 aromatic heterocycles. The van der Waals surface area contributed by atoms with Crippen LogP contribution in [0.15, 0.2) is 64.6 Å². The van der Waals surface area contributed by atoms with E-state index < -0.39 is 32.5 Å². The fraction of sp³-hybridized carbons (Fsp3) is 0.423. The lowest BCUT2D eigenvalue weighted by Crippen LogP contribution is -2.61. The Hall–Kier alpha value is -2.39. The molecule has 0 spiro atoms. The van der Waals surface area contributed by atoms with Gasteiger partial charge in [0, 0.05) is 23.8 Å². The predicted molar refractivity (Wildman–Crippen MR) is 136 cm³/mol. The number of aliphatic hydroxyl groups is 1. The van der Waals surface area contributed by atoms with E-state index in [2.05, 4.69) is 5.32 Å². The van der Waals surface area contributed by atoms with E-state index in [0.29, 0.717) is 10.6 Å². The van der Waals surface area contributed by atoms with Crippen molar-refractivity contribution in [3.8, 4) is 0 Å². The van der Waals surface area contributed by atoms with Crippen molar-refractivity contribution in [2.45, 2.75) is 50.2 Å². The van der Waals surface area contributed by atoms with Crippen molar-refractivity contribution >= 4 is 33.3 Å². The highest BCUT2D eigenvalue weighted by molar-refractivity contribution is 7.89. The van der Waals surface area contributed by atoms with Crippen LogP contribution in [0.5, 0.6) is 0 Å². The summed E-state index contributed by atoms with van der Waals surface area (Å²) in [5, 5.41) is 15.8. The minimum atomic E-state index is -3.84. The van der Waals surface area contributed by atoms with Crippen LogP contribution in [0.25, 0.3) is 0 Å². The highest BCUT2D eigenvalue weighted by atomic mass is 35.5. The number of aryl methyl sites for hydroxylation is 1. The molecule has 4 rings (SSSR count). The minimum Gasteiger partial charge on any atom is -0.469 e. The number of carbonyl (C=O) groups is 1. The first kappa shape index (κ1) is 25.7. The quantitative estimate of drug-likeness (QED) is 0.456. The van der Waals surface area contributed by atoms with E-state index in [4.69, 9.17) is 16.3 Å². The van der Waals surface area contributed by atoms with Gasteiger partial charge in [-0.3, -0.25) is 4.79 Å². The van der Waals surface area contributed by atoms with Crippen LogP contribution in [0.1, 0.15) is 32.8 Å². The number of halogens is 1. The number of anilines is 1. The second-order valence-corrected chi connectivity index (χ2v) is 12.5. The third-order valence-electron chi connectivity index (χ3n) is 7.63. The summed E-state index contributed by atoms with van der Waals surface area (Å²) in [7, 11) is -2.54. The van der Waals surface area contributed by atoms with Gasteiger partial charge in [0.25, 0.3) is 0 Å². The molecular weight excluding hydrogens is 488 g/mol. The summed E-state index contributed by atoms with van der Waals surface area (Å²) < 4.78 is 33.6. The summed E-state index contributed by atoms with van der Waals surface area (Å²) in [4.78, 5) is 13.2.